The molecule has 0 saturated heterocycles. The number of aryl methyl sites for hydroxylation is 1. The molecule has 0 fully saturated rings. The highest BCUT2D eigenvalue weighted by molar-refractivity contribution is 7.16. The second kappa shape index (κ2) is 7.40. The Labute approximate surface area is 123 Å². The predicted molar refractivity (Wildman–Crippen MR) is 81.1 cm³/mol. The number of anilines is 1. The van der Waals surface area contributed by atoms with Crippen molar-refractivity contribution in [3.05, 3.63) is 16.5 Å². The zero-order valence-electron chi connectivity index (χ0n) is 12.4. The van der Waals surface area contributed by atoms with Crippen LogP contribution < -0.4 is 11.1 Å². The van der Waals surface area contributed by atoms with Gasteiger partial charge in [-0.1, -0.05) is 13.8 Å². The van der Waals surface area contributed by atoms with E-state index in [0.29, 0.717) is 29.5 Å². The van der Waals surface area contributed by atoms with Crippen LogP contribution in [0, 0.1) is 12.8 Å². The molecule has 1 amide bonds. The lowest BCUT2D eigenvalue weighted by molar-refractivity contribution is -0.117. The van der Waals surface area contributed by atoms with Crippen LogP contribution in [0.2, 0.25) is 0 Å². The molecule has 3 N–H and O–H groups in total. The van der Waals surface area contributed by atoms with Crippen molar-refractivity contribution in [2.45, 2.75) is 40.2 Å². The highest BCUT2D eigenvalue weighted by Gasteiger charge is 2.21. The number of hydrogen-bond acceptors (Lipinski definition) is 5. The predicted octanol–water partition coefficient (Wildman–Crippen LogP) is 2.55. The zero-order valence-corrected chi connectivity index (χ0v) is 13.2. The average Bonchev–Trinajstić information content (AvgIpc) is 2.69. The summed E-state index contributed by atoms with van der Waals surface area (Å²) < 4.78 is 4.97. The van der Waals surface area contributed by atoms with Crippen LogP contribution in [0.15, 0.2) is 6.07 Å². The number of thiophene rings is 1. The van der Waals surface area contributed by atoms with Gasteiger partial charge in [0.05, 0.1) is 18.2 Å². The molecule has 1 atom stereocenters. The van der Waals surface area contributed by atoms with Gasteiger partial charge in [0, 0.05) is 4.88 Å². The number of carbonyl (C=O) groups is 2. The van der Waals surface area contributed by atoms with E-state index < -0.39 is 12.0 Å². The molecule has 0 aliphatic heterocycles. The molecule has 0 spiro atoms. The topological polar surface area (TPSA) is 81.4 Å². The van der Waals surface area contributed by atoms with Crippen LogP contribution in [-0.4, -0.2) is 24.5 Å². The highest BCUT2D eigenvalue weighted by atomic mass is 32.1. The minimum absolute atomic E-state index is 0.272. The number of hydrogen-bond donors (Lipinski definition) is 2. The number of rotatable bonds is 6. The van der Waals surface area contributed by atoms with Crippen molar-refractivity contribution in [3.63, 3.8) is 0 Å². The molecule has 0 bridgehead atoms. The number of ether oxygens (including phenoxy) is 1. The Bertz CT molecular complexity index is 483. The minimum atomic E-state index is -0.576. The number of esters is 1. The molecule has 6 heteroatoms. The number of amides is 1. The van der Waals surface area contributed by atoms with Gasteiger partial charge in [0.1, 0.15) is 5.00 Å². The monoisotopic (exact) mass is 298 g/mol. The van der Waals surface area contributed by atoms with Crippen molar-refractivity contribution >= 4 is 28.2 Å². The third kappa shape index (κ3) is 4.61. The molecule has 0 aliphatic carbocycles. The third-order valence-electron chi connectivity index (χ3n) is 2.65. The summed E-state index contributed by atoms with van der Waals surface area (Å²) in [4.78, 5) is 24.7. The summed E-state index contributed by atoms with van der Waals surface area (Å²) in [6.07, 6.45) is 0.602. The Hall–Kier alpha value is -1.40. The van der Waals surface area contributed by atoms with Gasteiger partial charge in [0.25, 0.3) is 0 Å². The summed E-state index contributed by atoms with van der Waals surface area (Å²) in [5, 5.41) is 3.23. The molecule has 1 aromatic heterocycles. The Morgan fingerprint density at radius 2 is 2.10 bits per heavy atom. The maximum atomic E-state index is 12.0. The van der Waals surface area contributed by atoms with Crippen LogP contribution in [0.4, 0.5) is 5.00 Å². The summed E-state index contributed by atoms with van der Waals surface area (Å²) >= 11 is 1.34. The first-order valence-electron chi connectivity index (χ1n) is 6.69. The first-order valence-corrected chi connectivity index (χ1v) is 7.50. The molecule has 0 unspecified atom stereocenters. The van der Waals surface area contributed by atoms with E-state index in [9.17, 15) is 9.59 Å². The van der Waals surface area contributed by atoms with Crippen LogP contribution in [0.25, 0.3) is 0 Å². The second-order valence-electron chi connectivity index (χ2n) is 5.05. The molecule has 0 radical (unpaired) electrons. The van der Waals surface area contributed by atoms with E-state index in [0.717, 1.165) is 4.88 Å². The van der Waals surface area contributed by atoms with E-state index in [1.54, 1.807) is 13.0 Å². The smallest absolute Gasteiger partial charge is 0.341 e. The fourth-order valence-electron chi connectivity index (χ4n) is 1.79. The standard InChI is InChI=1S/C14H22N2O3S/c1-5-19-14(18)10-7-9(4)20-13(10)16-12(17)11(15)6-8(2)3/h7-8,11H,5-6,15H2,1-4H3,(H,16,17)/t11-/m1/s1. The lowest BCUT2D eigenvalue weighted by Gasteiger charge is -2.14. The fraction of sp³-hybridized carbons (Fsp3) is 0.571. The Kier molecular flexibility index (Phi) is 6.16. The molecule has 20 heavy (non-hydrogen) atoms. The molecule has 5 nitrogen and oxygen atoms in total. The molecule has 1 heterocycles. The molecule has 1 aromatic rings. The lowest BCUT2D eigenvalue weighted by atomic mass is 10.0. The van der Waals surface area contributed by atoms with Crippen LogP contribution in [0.1, 0.15) is 42.4 Å². The van der Waals surface area contributed by atoms with E-state index in [1.165, 1.54) is 11.3 Å². The normalized spacial score (nSPS) is 12.3. The van der Waals surface area contributed by atoms with Crippen molar-refractivity contribution in [2.24, 2.45) is 11.7 Å². The SMILES string of the molecule is CCOC(=O)c1cc(C)sc1NC(=O)[C@H](N)CC(C)C. The molecular weight excluding hydrogens is 276 g/mol. The molecule has 112 valence electrons. The first kappa shape index (κ1) is 16.7. The van der Waals surface area contributed by atoms with E-state index in [1.807, 2.05) is 20.8 Å². The van der Waals surface area contributed by atoms with Crippen molar-refractivity contribution in [1.82, 2.24) is 0 Å². The van der Waals surface area contributed by atoms with Crippen molar-refractivity contribution in [1.29, 1.82) is 0 Å². The second-order valence-corrected chi connectivity index (χ2v) is 6.30. The highest BCUT2D eigenvalue weighted by Crippen LogP contribution is 2.28. The largest absolute Gasteiger partial charge is 0.462 e. The van der Waals surface area contributed by atoms with E-state index >= 15 is 0 Å². The van der Waals surface area contributed by atoms with Crippen LogP contribution in [-0.2, 0) is 9.53 Å². The van der Waals surface area contributed by atoms with E-state index in [2.05, 4.69) is 5.32 Å². The molecule has 0 saturated carbocycles. The summed E-state index contributed by atoms with van der Waals surface area (Å²) in [7, 11) is 0. The van der Waals surface area contributed by atoms with Gasteiger partial charge in [-0.2, -0.15) is 0 Å². The van der Waals surface area contributed by atoms with Crippen molar-refractivity contribution in [2.75, 3.05) is 11.9 Å². The Morgan fingerprint density at radius 1 is 1.45 bits per heavy atom. The minimum Gasteiger partial charge on any atom is -0.462 e. The number of carbonyl (C=O) groups excluding carboxylic acids is 2. The Balaban J connectivity index is 2.81. The third-order valence-corrected chi connectivity index (χ3v) is 3.62. The van der Waals surface area contributed by atoms with Crippen molar-refractivity contribution < 1.29 is 14.3 Å². The molecular formula is C14H22N2O3S. The van der Waals surface area contributed by atoms with Crippen LogP contribution in [0.5, 0.6) is 0 Å². The summed E-state index contributed by atoms with van der Waals surface area (Å²) in [6.45, 7) is 7.93. The van der Waals surface area contributed by atoms with E-state index in [4.69, 9.17) is 10.5 Å². The average molecular weight is 298 g/mol. The molecule has 0 aliphatic rings. The number of nitrogens with two attached hydrogens (primary N) is 1. The van der Waals surface area contributed by atoms with Crippen LogP contribution in [0.3, 0.4) is 0 Å². The van der Waals surface area contributed by atoms with E-state index in [-0.39, 0.29) is 5.91 Å². The maximum Gasteiger partial charge on any atom is 0.341 e. The summed E-state index contributed by atoms with van der Waals surface area (Å²) in [5.41, 5.74) is 6.22. The van der Waals surface area contributed by atoms with Crippen LogP contribution >= 0.6 is 11.3 Å². The summed E-state index contributed by atoms with van der Waals surface area (Å²) in [5.74, 6) is -0.360. The maximum absolute atomic E-state index is 12.0. The van der Waals surface area contributed by atoms with Gasteiger partial charge in [0.2, 0.25) is 5.91 Å². The zero-order chi connectivity index (χ0) is 15.3. The Morgan fingerprint density at radius 3 is 2.65 bits per heavy atom. The van der Waals surface area contributed by atoms with Gasteiger partial charge >= 0.3 is 5.97 Å². The van der Waals surface area contributed by atoms with Gasteiger partial charge in [-0.05, 0) is 32.3 Å². The van der Waals surface area contributed by atoms with Gasteiger partial charge in [0.15, 0.2) is 0 Å². The lowest BCUT2D eigenvalue weighted by Crippen LogP contribution is -2.36. The number of nitrogens with one attached hydrogen (secondary N) is 1. The summed E-state index contributed by atoms with van der Waals surface area (Å²) in [6, 6.07) is 1.14. The first-order chi connectivity index (χ1) is 9.35. The van der Waals surface area contributed by atoms with Gasteiger partial charge in [-0.25, -0.2) is 4.79 Å². The van der Waals surface area contributed by atoms with Gasteiger partial charge in [-0.15, -0.1) is 11.3 Å². The van der Waals surface area contributed by atoms with Crippen molar-refractivity contribution in [3.8, 4) is 0 Å². The fourth-order valence-corrected chi connectivity index (χ4v) is 2.69. The van der Waals surface area contributed by atoms with Gasteiger partial charge < -0.3 is 15.8 Å². The molecule has 1 rings (SSSR count). The van der Waals surface area contributed by atoms with Gasteiger partial charge in [-0.3, -0.25) is 4.79 Å². The quantitative estimate of drug-likeness (QED) is 0.791. The molecule has 0 aromatic carbocycles.